The highest BCUT2D eigenvalue weighted by Crippen LogP contribution is 2.20. The van der Waals surface area contributed by atoms with Crippen molar-refractivity contribution in [3.05, 3.63) is 54.6 Å². The molecule has 2 aromatic carbocycles. The molecule has 0 aliphatic carbocycles. The molecule has 0 aliphatic heterocycles. The molecule has 0 aliphatic rings. The van der Waals surface area contributed by atoms with Crippen LogP contribution in [-0.2, 0) is 4.79 Å². The molecule has 0 spiro atoms. The van der Waals surface area contributed by atoms with Gasteiger partial charge in [-0.25, -0.2) is 0 Å². The second-order valence-corrected chi connectivity index (χ2v) is 4.35. The molecule has 0 heterocycles. The summed E-state index contributed by atoms with van der Waals surface area (Å²) in [5, 5.41) is 5.83. The molecule has 19 heavy (non-hydrogen) atoms. The summed E-state index contributed by atoms with van der Waals surface area (Å²) in [6.07, 6.45) is 0.483. The van der Waals surface area contributed by atoms with Crippen LogP contribution < -0.4 is 10.6 Å². The van der Waals surface area contributed by atoms with E-state index in [1.54, 1.807) is 0 Å². The third-order valence-corrected chi connectivity index (χ3v) is 2.88. The van der Waals surface area contributed by atoms with Gasteiger partial charge in [0.05, 0.1) is 0 Å². The topological polar surface area (TPSA) is 41.1 Å². The number of carbonyl (C=O) groups excluding carboxylic acids is 1. The SMILES string of the molecule is CNCCC(=O)Nc1ccc(-c2ccccc2)cc1. The van der Waals surface area contributed by atoms with Crippen LogP contribution in [0.5, 0.6) is 0 Å². The Hall–Kier alpha value is -2.13. The van der Waals surface area contributed by atoms with Gasteiger partial charge in [0.15, 0.2) is 0 Å². The summed E-state index contributed by atoms with van der Waals surface area (Å²) in [5.74, 6) is 0.0295. The molecular weight excluding hydrogens is 236 g/mol. The van der Waals surface area contributed by atoms with E-state index in [0.29, 0.717) is 13.0 Å². The number of hydrogen-bond acceptors (Lipinski definition) is 2. The Labute approximate surface area is 113 Å². The number of nitrogens with one attached hydrogen (secondary N) is 2. The first kappa shape index (κ1) is 13.3. The molecule has 0 unspecified atom stereocenters. The zero-order chi connectivity index (χ0) is 13.5. The van der Waals surface area contributed by atoms with Crippen LogP contribution in [-0.4, -0.2) is 19.5 Å². The summed E-state index contributed by atoms with van der Waals surface area (Å²) < 4.78 is 0. The number of carbonyl (C=O) groups is 1. The Morgan fingerprint density at radius 2 is 1.58 bits per heavy atom. The number of benzene rings is 2. The van der Waals surface area contributed by atoms with Crippen molar-refractivity contribution < 1.29 is 4.79 Å². The van der Waals surface area contributed by atoms with E-state index in [9.17, 15) is 4.79 Å². The van der Waals surface area contributed by atoms with Gasteiger partial charge in [-0.15, -0.1) is 0 Å². The van der Waals surface area contributed by atoms with Crippen molar-refractivity contribution in [2.24, 2.45) is 0 Å². The molecule has 3 nitrogen and oxygen atoms in total. The summed E-state index contributed by atoms with van der Waals surface area (Å²) >= 11 is 0. The Morgan fingerprint density at radius 3 is 2.21 bits per heavy atom. The fourth-order valence-corrected chi connectivity index (χ4v) is 1.84. The second-order valence-electron chi connectivity index (χ2n) is 4.35. The van der Waals surface area contributed by atoms with Crippen molar-refractivity contribution in [1.29, 1.82) is 0 Å². The van der Waals surface area contributed by atoms with Gasteiger partial charge in [0.2, 0.25) is 5.91 Å². The first-order chi connectivity index (χ1) is 9.29. The predicted octanol–water partition coefficient (Wildman–Crippen LogP) is 2.90. The minimum atomic E-state index is 0.0295. The lowest BCUT2D eigenvalue weighted by atomic mass is 10.1. The maximum Gasteiger partial charge on any atom is 0.225 e. The molecule has 0 bridgehead atoms. The first-order valence-electron chi connectivity index (χ1n) is 6.39. The number of anilines is 1. The van der Waals surface area contributed by atoms with Crippen LogP contribution in [0.25, 0.3) is 11.1 Å². The summed E-state index contributed by atoms with van der Waals surface area (Å²) in [6.45, 7) is 0.688. The Morgan fingerprint density at radius 1 is 0.947 bits per heavy atom. The molecule has 3 heteroatoms. The molecule has 98 valence electrons. The molecule has 0 aromatic heterocycles. The highest BCUT2D eigenvalue weighted by molar-refractivity contribution is 5.91. The zero-order valence-corrected chi connectivity index (χ0v) is 11.0. The molecule has 2 aromatic rings. The minimum absolute atomic E-state index is 0.0295. The minimum Gasteiger partial charge on any atom is -0.326 e. The van der Waals surface area contributed by atoms with Gasteiger partial charge < -0.3 is 10.6 Å². The van der Waals surface area contributed by atoms with Crippen molar-refractivity contribution in [1.82, 2.24) is 5.32 Å². The van der Waals surface area contributed by atoms with Gasteiger partial charge in [-0.3, -0.25) is 4.79 Å². The maximum atomic E-state index is 11.6. The quantitative estimate of drug-likeness (QED) is 0.861. The van der Waals surface area contributed by atoms with E-state index >= 15 is 0 Å². The zero-order valence-electron chi connectivity index (χ0n) is 11.0. The molecule has 0 radical (unpaired) electrons. The van der Waals surface area contributed by atoms with Gasteiger partial charge in [-0.1, -0.05) is 42.5 Å². The maximum absolute atomic E-state index is 11.6. The fraction of sp³-hybridized carbons (Fsp3) is 0.188. The molecule has 0 fully saturated rings. The van der Waals surface area contributed by atoms with Gasteiger partial charge >= 0.3 is 0 Å². The van der Waals surface area contributed by atoms with Gasteiger partial charge in [-0.05, 0) is 30.3 Å². The third kappa shape index (κ3) is 3.93. The molecule has 2 N–H and O–H groups in total. The first-order valence-corrected chi connectivity index (χ1v) is 6.39. The van der Waals surface area contributed by atoms with Crippen molar-refractivity contribution in [2.75, 3.05) is 18.9 Å². The molecule has 0 saturated carbocycles. The van der Waals surface area contributed by atoms with Gasteiger partial charge in [0, 0.05) is 18.7 Å². The average Bonchev–Trinajstić information content (AvgIpc) is 2.47. The van der Waals surface area contributed by atoms with Crippen LogP contribution in [0.4, 0.5) is 5.69 Å². The Balaban J connectivity index is 2.01. The lowest BCUT2D eigenvalue weighted by Gasteiger charge is -2.06. The standard InChI is InChI=1S/C16H18N2O/c1-17-12-11-16(19)18-15-9-7-14(8-10-15)13-5-3-2-4-6-13/h2-10,17H,11-12H2,1H3,(H,18,19). The van der Waals surface area contributed by atoms with Crippen LogP contribution in [0.3, 0.4) is 0 Å². The van der Waals surface area contributed by atoms with Crippen molar-refractivity contribution in [3.63, 3.8) is 0 Å². The van der Waals surface area contributed by atoms with E-state index in [0.717, 1.165) is 11.3 Å². The molecular formula is C16H18N2O. The number of hydrogen-bond donors (Lipinski definition) is 2. The second kappa shape index (κ2) is 6.71. The largest absolute Gasteiger partial charge is 0.326 e. The van der Waals surface area contributed by atoms with E-state index in [2.05, 4.69) is 22.8 Å². The average molecular weight is 254 g/mol. The normalized spacial score (nSPS) is 10.2. The van der Waals surface area contributed by atoms with E-state index in [-0.39, 0.29) is 5.91 Å². The monoisotopic (exact) mass is 254 g/mol. The van der Waals surface area contributed by atoms with E-state index < -0.39 is 0 Å². The van der Waals surface area contributed by atoms with Crippen molar-refractivity contribution >= 4 is 11.6 Å². The van der Waals surface area contributed by atoms with Crippen molar-refractivity contribution in [2.45, 2.75) is 6.42 Å². The Bertz CT molecular complexity index is 520. The molecule has 2 rings (SSSR count). The summed E-state index contributed by atoms with van der Waals surface area (Å²) in [7, 11) is 1.84. The third-order valence-electron chi connectivity index (χ3n) is 2.88. The summed E-state index contributed by atoms with van der Waals surface area (Å²) in [5.41, 5.74) is 3.16. The number of amides is 1. The lowest BCUT2D eigenvalue weighted by molar-refractivity contribution is -0.116. The predicted molar refractivity (Wildman–Crippen MR) is 79.1 cm³/mol. The van der Waals surface area contributed by atoms with Crippen LogP contribution in [0.2, 0.25) is 0 Å². The van der Waals surface area contributed by atoms with Gasteiger partial charge in [-0.2, -0.15) is 0 Å². The van der Waals surface area contributed by atoms with E-state index in [1.807, 2.05) is 49.5 Å². The molecule has 0 atom stereocenters. The Kier molecular flexibility index (Phi) is 4.70. The number of rotatable bonds is 5. The van der Waals surface area contributed by atoms with E-state index in [1.165, 1.54) is 5.56 Å². The summed E-state index contributed by atoms with van der Waals surface area (Å²) in [4.78, 5) is 11.6. The smallest absolute Gasteiger partial charge is 0.225 e. The van der Waals surface area contributed by atoms with Gasteiger partial charge in [0.1, 0.15) is 0 Å². The fourth-order valence-electron chi connectivity index (χ4n) is 1.84. The van der Waals surface area contributed by atoms with Crippen molar-refractivity contribution in [3.8, 4) is 11.1 Å². The van der Waals surface area contributed by atoms with Crippen LogP contribution in [0, 0.1) is 0 Å². The van der Waals surface area contributed by atoms with Crippen LogP contribution in [0.1, 0.15) is 6.42 Å². The van der Waals surface area contributed by atoms with Crippen LogP contribution in [0.15, 0.2) is 54.6 Å². The lowest BCUT2D eigenvalue weighted by Crippen LogP contribution is -2.18. The van der Waals surface area contributed by atoms with Gasteiger partial charge in [0.25, 0.3) is 0 Å². The van der Waals surface area contributed by atoms with Crippen LogP contribution >= 0.6 is 0 Å². The molecule has 1 amide bonds. The summed E-state index contributed by atoms with van der Waals surface area (Å²) in [6, 6.07) is 18.1. The molecule has 0 saturated heterocycles. The van der Waals surface area contributed by atoms with E-state index in [4.69, 9.17) is 0 Å². The highest BCUT2D eigenvalue weighted by Gasteiger charge is 2.02. The highest BCUT2D eigenvalue weighted by atomic mass is 16.1.